The van der Waals surface area contributed by atoms with Gasteiger partial charge in [-0.1, -0.05) is 13.3 Å². The average molecular weight is 296 g/mol. The van der Waals surface area contributed by atoms with Crippen molar-refractivity contribution in [1.29, 1.82) is 0 Å². The van der Waals surface area contributed by atoms with E-state index in [4.69, 9.17) is 10.7 Å². The second-order valence-corrected chi connectivity index (χ2v) is 6.97. The largest absolute Gasteiger partial charge is 0.323 e. The molecule has 5 heteroatoms. The van der Waals surface area contributed by atoms with Crippen molar-refractivity contribution in [3.8, 4) is 0 Å². The molecule has 1 aliphatic heterocycles. The fourth-order valence-corrected chi connectivity index (χ4v) is 3.67. The van der Waals surface area contributed by atoms with Crippen molar-refractivity contribution in [2.45, 2.75) is 39.2 Å². The maximum absolute atomic E-state index is 6.07. The third-order valence-corrected chi connectivity index (χ3v) is 5.27. The van der Waals surface area contributed by atoms with Gasteiger partial charge in [-0.3, -0.25) is 0 Å². The summed E-state index contributed by atoms with van der Waals surface area (Å²) in [5, 5.41) is 1.26. The van der Waals surface area contributed by atoms with Crippen LogP contribution in [0.25, 0.3) is 0 Å². The fraction of sp³-hybridized carbons (Fsp3) is 0.800. The molecule has 1 aromatic heterocycles. The zero-order valence-corrected chi connectivity index (χ0v) is 13.9. The highest BCUT2D eigenvalue weighted by molar-refractivity contribution is 7.11. The number of piperazine rings is 1. The number of hydrogen-bond donors (Lipinski definition) is 1. The second-order valence-electron chi connectivity index (χ2n) is 5.85. The minimum Gasteiger partial charge on any atom is -0.323 e. The van der Waals surface area contributed by atoms with Crippen LogP contribution < -0.4 is 5.73 Å². The summed E-state index contributed by atoms with van der Waals surface area (Å²) in [6.45, 7) is 10.1. The lowest BCUT2D eigenvalue weighted by Crippen LogP contribution is -2.45. The molecule has 20 heavy (non-hydrogen) atoms. The molecule has 0 spiro atoms. The van der Waals surface area contributed by atoms with E-state index in [1.807, 2.05) is 11.3 Å². The minimum atomic E-state index is 0.117. The van der Waals surface area contributed by atoms with E-state index in [1.54, 1.807) is 0 Å². The molecule has 1 saturated heterocycles. The van der Waals surface area contributed by atoms with Crippen LogP contribution in [0.1, 0.15) is 41.9 Å². The predicted octanol–water partition coefficient (Wildman–Crippen LogP) is 1.91. The first kappa shape index (κ1) is 15.9. The van der Waals surface area contributed by atoms with Gasteiger partial charge in [-0.05, 0) is 20.4 Å². The van der Waals surface area contributed by atoms with Crippen molar-refractivity contribution in [3.05, 3.63) is 15.6 Å². The molecule has 0 aliphatic carbocycles. The number of nitrogens with two attached hydrogens (primary N) is 1. The Kier molecular flexibility index (Phi) is 5.96. The maximum Gasteiger partial charge on any atom is 0.0944 e. The zero-order valence-electron chi connectivity index (χ0n) is 13.1. The SMILES string of the molecule is CCCc1nc(CCN2CCN(C)CC2)sc1C(C)N. The van der Waals surface area contributed by atoms with Gasteiger partial charge in [0.15, 0.2) is 0 Å². The van der Waals surface area contributed by atoms with Crippen molar-refractivity contribution < 1.29 is 0 Å². The number of nitrogens with zero attached hydrogens (tertiary/aromatic N) is 3. The Balaban J connectivity index is 1.90. The van der Waals surface area contributed by atoms with Gasteiger partial charge in [0, 0.05) is 50.1 Å². The molecule has 1 fully saturated rings. The monoisotopic (exact) mass is 296 g/mol. The summed E-state index contributed by atoms with van der Waals surface area (Å²) in [6.07, 6.45) is 3.26. The van der Waals surface area contributed by atoms with Crippen LogP contribution in [0.5, 0.6) is 0 Å². The Labute approximate surface area is 127 Å². The molecule has 0 aromatic carbocycles. The molecule has 1 aliphatic rings. The first-order valence-electron chi connectivity index (χ1n) is 7.75. The highest BCUT2D eigenvalue weighted by Gasteiger charge is 2.16. The van der Waals surface area contributed by atoms with Crippen molar-refractivity contribution in [2.75, 3.05) is 39.8 Å². The Morgan fingerprint density at radius 1 is 1.25 bits per heavy atom. The number of thiazole rings is 1. The smallest absolute Gasteiger partial charge is 0.0944 e. The summed E-state index contributed by atoms with van der Waals surface area (Å²) in [6, 6.07) is 0.117. The van der Waals surface area contributed by atoms with E-state index in [1.165, 1.54) is 41.8 Å². The number of hydrogen-bond acceptors (Lipinski definition) is 5. The van der Waals surface area contributed by atoms with E-state index >= 15 is 0 Å². The molecule has 1 aromatic rings. The van der Waals surface area contributed by atoms with Gasteiger partial charge in [0.2, 0.25) is 0 Å². The standard InChI is InChI=1S/C15H28N4S/c1-4-5-13-15(12(2)16)20-14(17-13)6-7-19-10-8-18(3)9-11-19/h12H,4-11,16H2,1-3H3. The van der Waals surface area contributed by atoms with E-state index in [-0.39, 0.29) is 6.04 Å². The van der Waals surface area contributed by atoms with E-state index in [2.05, 4.69) is 30.7 Å². The van der Waals surface area contributed by atoms with Crippen LogP contribution in [-0.2, 0) is 12.8 Å². The first-order chi connectivity index (χ1) is 9.60. The third kappa shape index (κ3) is 4.25. The minimum absolute atomic E-state index is 0.117. The van der Waals surface area contributed by atoms with Crippen LogP contribution >= 0.6 is 11.3 Å². The number of likely N-dealkylation sites (N-methyl/N-ethyl adjacent to an activating group) is 1. The number of aryl methyl sites for hydroxylation is 1. The molecule has 2 N–H and O–H groups in total. The van der Waals surface area contributed by atoms with Crippen LogP contribution in [-0.4, -0.2) is 54.6 Å². The van der Waals surface area contributed by atoms with Crippen molar-refractivity contribution in [2.24, 2.45) is 5.73 Å². The van der Waals surface area contributed by atoms with E-state index < -0.39 is 0 Å². The lowest BCUT2D eigenvalue weighted by atomic mass is 10.2. The van der Waals surface area contributed by atoms with Gasteiger partial charge in [-0.15, -0.1) is 11.3 Å². The molecule has 0 saturated carbocycles. The molecular formula is C15H28N4S. The molecule has 4 nitrogen and oxygen atoms in total. The van der Waals surface area contributed by atoms with Crippen LogP contribution in [0.4, 0.5) is 0 Å². The number of rotatable bonds is 6. The molecule has 0 bridgehead atoms. The van der Waals surface area contributed by atoms with Crippen molar-refractivity contribution in [1.82, 2.24) is 14.8 Å². The van der Waals surface area contributed by atoms with Crippen LogP contribution in [0.2, 0.25) is 0 Å². The van der Waals surface area contributed by atoms with Gasteiger partial charge in [0.05, 0.1) is 10.7 Å². The van der Waals surface area contributed by atoms with Crippen molar-refractivity contribution in [3.63, 3.8) is 0 Å². The summed E-state index contributed by atoms with van der Waals surface area (Å²) in [5.41, 5.74) is 7.30. The van der Waals surface area contributed by atoms with Gasteiger partial charge in [0.1, 0.15) is 0 Å². The topological polar surface area (TPSA) is 45.4 Å². The maximum atomic E-state index is 6.07. The Bertz CT molecular complexity index is 408. The van der Waals surface area contributed by atoms with E-state index in [0.717, 1.165) is 25.8 Å². The molecule has 2 rings (SSSR count). The highest BCUT2D eigenvalue weighted by Crippen LogP contribution is 2.25. The zero-order chi connectivity index (χ0) is 14.5. The summed E-state index contributed by atoms with van der Waals surface area (Å²) >= 11 is 1.82. The van der Waals surface area contributed by atoms with Crippen LogP contribution in [0.15, 0.2) is 0 Å². The van der Waals surface area contributed by atoms with Gasteiger partial charge < -0.3 is 15.5 Å². The average Bonchev–Trinajstić information content (AvgIpc) is 2.82. The third-order valence-electron chi connectivity index (χ3n) is 3.91. The molecular weight excluding hydrogens is 268 g/mol. The van der Waals surface area contributed by atoms with Gasteiger partial charge >= 0.3 is 0 Å². The quantitative estimate of drug-likeness (QED) is 0.871. The Morgan fingerprint density at radius 2 is 1.95 bits per heavy atom. The molecule has 2 heterocycles. The van der Waals surface area contributed by atoms with Crippen molar-refractivity contribution >= 4 is 11.3 Å². The molecule has 0 amide bonds. The normalized spacial score (nSPS) is 19.4. The molecule has 1 unspecified atom stereocenters. The van der Waals surface area contributed by atoms with Crippen LogP contribution in [0.3, 0.4) is 0 Å². The summed E-state index contributed by atoms with van der Waals surface area (Å²) in [4.78, 5) is 11.1. The lowest BCUT2D eigenvalue weighted by molar-refractivity contribution is 0.155. The Morgan fingerprint density at radius 3 is 2.55 bits per heavy atom. The number of aromatic nitrogens is 1. The lowest BCUT2D eigenvalue weighted by Gasteiger charge is -2.32. The summed E-state index contributed by atoms with van der Waals surface area (Å²) < 4.78 is 0. The highest BCUT2D eigenvalue weighted by atomic mass is 32.1. The summed E-state index contributed by atoms with van der Waals surface area (Å²) in [7, 11) is 2.20. The van der Waals surface area contributed by atoms with Crippen LogP contribution in [0, 0.1) is 0 Å². The molecule has 114 valence electrons. The second kappa shape index (κ2) is 7.50. The molecule has 0 radical (unpaired) electrons. The Hall–Kier alpha value is -0.490. The van der Waals surface area contributed by atoms with Gasteiger partial charge in [0.25, 0.3) is 0 Å². The summed E-state index contributed by atoms with van der Waals surface area (Å²) in [5.74, 6) is 0. The van der Waals surface area contributed by atoms with Gasteiger partial charge in [-0.2, -0.15) is 0 Å². The van der Waals surface area contributed by atoms with Gasteiger partial charge in [-0.25, -0.2) is 4.98 Å². The fourth-order valence-electron chi connectivity index (χ4n) is 2.62. The van der Waals surface area contributed by atoms with E-state index in [0.29, 0.717) is 0 Å². The first-order valence-corrected chi connectivity index (χ1v) is 8.56. The predicted molar refractivity (Wildman–Crippen MR) is 86.4 cm³/mol. The van der Waals surface area contributed by atoms with E-state index in [9.17, 15) is 0 Å². The molecule has 1 atom stereocenters.